The minimum atomic E-state index is -3.29. The highest BCUT2D eigenvalue weighted by Crippen LogP contribution is 2.24. The van der Waals surface area contributed by atoms with Crippen LogP contribution in [-0.4, -0.2) is 39.3 Å². The molecule has 0 aliphatic heterocycles. The molecule has 1 aliphatic carbocycles. The molecule has 0 heterocycles. The lowest BCUT2D eigenvalue weighted by Gasteiger charge is -2.13. The average molecular weight is 368 g/mol. The van der Waals surface area contributed by atoms with Gasteiger partial charge in [0.25, 0.3) is 0 Å². The molecule has 0 saturated heterocycles. The van der Waals surface area contributed by atoms with Crippen molar-refractivity contribution in [1.82, 2.24) is 10.0 Å². The molecular formula is C18H28N2O4S. The zero-order chi connectivity index (χ0) is 18.1. The first-order valence-corrected chi connectivity index (χ1v) is 10.6. The predicted molar refractivity (Wildman–Crippen MR) is 98.1 cm³/mol. The van der Waals surface area contributed by atoms with E-state index in [4.69, 9.17) is 4.74 Å². The number of carbonyl (C=O) groups is 1. The summed E-state index contributed by atoms with van der Waals surface area (Å²) < 4.78 is 31.4. The highest BCUT2D eigenvalue weighted by molar-refractivity contribution is 7.89. The normalized spacial score (nSPS) is 15.2. The van der Waals surface area contributed by atoms with Crippen LogP contribution in [0.3, 0.4) is 0 Å². The van der Waals surface area contributed by atoms with E-state index < -0.39 is 10.0 Å². The van der Waals surface area contributed by atoms with Crippen molar-refractivity contribution in [2.75, 3.05) is 18.8 Å². The average Bonchev–Trinajstić information content (AvgIpc) is 3.06. The molecule has 1 saturated carbocycles. The highest BCUT2D eigenvalue weighted by Gasteiger charge is 2.16. The van der Waals surface area contributed by atoms with Gasteiger partial charge in [0.2, 0.25) is 15.9 Å². The first kappa shape index (κ1) is 19.7. The Morgan fingerprint density at radius 1 is 1.28 bits per heavy atom. The molecule has 1 aromatic rings. The summed E-state index contributed by atoms with van der Waals surface area (Å²) >= 11 is 0. The maximum atomic E-state index is 11.9. The van der Waals surface area contributed by atoms with Gasteiger partial charge in [0.05, 0.1) is 11.9 Å². The van der Waals surface area contributed by atoms with Crippen LogP contribution in [0.1, 0.15) is 44.6 Å². The van der Waals surface area contributed by atoms with Crippen molar-refractivity contribution in [3.05, 3.63) is 29.8 Å². The molecule has 1 amide bonds. The molecule has 140 valence electrons. The molecule has 0 spiro atoms. The Morgan fingerprint density at radius 2 is 2.04 bits per heavy atom. The molecule has 0 radical (unpaired) electrons. The minimum absolute atomic E-state index is 0.0999. The van der Waals surface area contributed by atoms with E-state index in [1.807, 2.05) is 24.3 Å². The monoisotopic (exact) mass is 368 g/mol. The third-order valence-corrected chi connectivity index (χ3v) is 5.67. The van der Waals surface area contributed by atoms with E-state index in [0.29, 0.717) is 25.5 Å². The first-order chi connectivity index (χ1) is 12.0. The fourth-order valence-electron chi connectivity index (χ4n) is 2.94. The Bertz CT molecular complexity index is 655. The van der Waals surface area contributed by atoms with Crippen LogP contribution in [0.2, 0.25) is 0 Å². The summed E-state index contributed by atoms with van der Waals surface area (Å²) in [6.07, 6.45) is 5.94. The van der Waals surface area contributed by atoms with E-state index in [0.717, 1.165) is 24.2 Å². The molecule has 0 bridgehead atoms. The molecule has 0 atom stereocenters. The standard InChI is InChI=1S/C18H28N2O4S/c1-2-20-25(22,23)13-12-19-18(21)11-10-15-6-5-9-17(14-15)24-16-7-3-4-8-16/h5-6,9,14,16,20H,2-4,7-8,10-13H2,1H3,(H,19,21). The zero-order valence-electron chi connectivity index (χ0n) is 14.8. The molecule has 0 unspecified atom stereocenters. The maximum absolute atomic E-state index is 11.9. The van der Waals surface area contributed by atoms with Crippen molar-refractivity contribution in [2.24, 2.45) is 0 Å². The third-order valence-electron chi connectivity index (χ3n) is 4.20. The number of carbonyl (C=O) groups excluding carboxylic acids is 1. The maximum Gasteiger partial charge on any atom is 0.220 e. The lowest BCUT2D eigenvalue weighted by atomic mass is 10.1. The number of rotatable bonds is 10. The molecule has 6 nitrogen and oxygen atoms in total. The van der Waals surface area contributed by atoms with Crippen molar-refractivity contribution in [3.63, 3.8) is 0 Å². The molecule has 0 aromatic heterocycles. The summed E-state index contributed by atoms with van der Waals surface area (Å²) in [6.45, 7) is 2.20. The number of benzene rings is 1. The van der Waals surface area contributed by atoms with E-state index in [9.17, 15) is 13.2 Å². The molecule has 25 heavy (non-hydrogen) atoms. The van der Waals surface area contributed by atoms with Gasteiger partial charge in [0, 0.05) is 19.5 Å². The van der Waals surface area contributed by atoms with Crippen LogP contribution in [-0.2, 0) is 21.2 Å². The number of aryl methyl sites for hydroxylation is 1. The molecule has 2 N–H and O–H groups in total. The number of amides is 1. The Balaban J connectivity index is 1.72. The van der Waals surface area contributed by atoms with Crippen molar-refractivity contribution in [2.45, 2.75) is 51.6 Å². The Hall–Kier alpha value is -1.60. The van der Waals surface area contributed by atoms with E-state index >= 15 is 0 Å². The van der Waals surface area contributed by atoms with Gasteiger partial charge in [0.1, 0.15) is 5.75 Å². The molecule has 1 aromatic carbocycles. The van der Waals surface area contributed by atoms with E-state index in [1.165, 1.54) is 12.8 Å². The molecular weight excluding hydrogens is 340 g/mol. The zero-order valence-corrected chi connectivity index (χ0v) is 15.6. The second-order valence-electron chi connectivity index (χ2n) is 6.34. The number of nitrogens with one attached hydrogen (secondary N) is 2. The summed E-state index contributed by atoms with van der Waals surface area (Å²) in [4.78, 5) is 11.9. The van der Waals surface area contributed by atoms with Crippen LogP contribution in [0.25, 0.3) is 0 Å². The van der Waals surface area contributed by atoms with Crippen molar-refractivity contribution >= 4 is 15.9 Å². The van der Waals surface area contributed by atoms with Gasteiger partial charge >= 0.3 is 0 Å². The van der Waals surface area contributed by atoms with Crippen LogP contribution in [0, 0.1) is 0 Å². The van der Waals surface area contributed by atoms with E-state index in [1.54, 1.807) is 6.92 Å². The van der Waals surface area contributed by atoms with Gasteiger partial charge in [-0.15, -0.1) is 0 Å². The Labute approximate surface area is 150 Å². The largest absolute Gasteiger partial charge is 0.490 e. The SMILES string of the molecule is CCNS(=O)(=O)CCNC(=O)CCc1cccc(OC2CCCC2)c1. The van der Waals surface area contributed by atoms with Crippen LogP contribution < -0.4 is 14.8 Å². The highest BCUT2D eigenvalue weighted by atomic mass is 32.2. The number of hydrogen-bond donors (Lipinski definition) is 2. The fraction of sp³-hybridized carbons (Fsp3) is 0.611. The summed E-state index contributed by atoms with van der Waals surface area (Å²) in [5.74, 6) is 0.618. The minimum Gasteiger partial charge on any atom is -0.490 e. The van der Waals surface area contributed by atoms with Gasteiger partial charge in [-0.25, -0.2) is 13.1 Å². The van der Waals surface area contributed by atoms with Gasteiger partial charge in [-0.3, -0.25) is 4.79 Å². The summed E-state index contributed by atoms with van der Waals surface area (Å²) in [7, 11) is -3.29. The van der Waals surface area contributed by atoms with Crippen molar-refractivity contribution in [1.29, 1.82) is 0 Å². The topological polar surface area (TPSA) is 84.5 Å². The Kier molecular flexibility index (Phi) is 7.71. The van der Waals surface area contributed by atoms with Crippen molar-refractivity contribution < 1.29 is 17.9 Å². The van der Waals surface area contributed by atoms with Gasteiger partial charge in [-0.1, -0.05) is 19.1 Å². The summed E-state index contributed by atoms with van der Waals surface area (Å²) in [5, 5.41) is 2.65. The summed E-state index contributed by atoms with van der Waals surface area (Å²) in [6, 6.07) is 7.86. The van der Waals surface area contributed by atoms with Crippen molar-refractivity contribution in [3.8, 4) is 5.75 Å². The van der Waals surface area contributed by atoms with Crippen LogP contribution in [0.4, 0.5) is 0 Å². The van der Waals surface area contributed by atoms with E-state index in [-0.39, 0.29) is 18.2 Å². The predicted octanol–water partition coefficient (Wildman–Crippen LogP) is 2.00. The number of hydrogen-bond acceptors (Lipinski definition) is 4. The fourth-order valence-corrected chi connectivity index (χ4v) is 3.89. The molecule has 1 fully saturated rings. The van der Waals surface area contributed by atoms with Gasteiger partial charge in [-0.2, -0.15) is 0 Å². The summed E-state index contributed by atoms with van der Waals surface area (Å²) in [5.41, 5.74) is 1.05. The van der Waals surface area contributed by atoms with E-state index in [2.05, 4.69) is 10.0 Å². The second kappa shape index (κ2) is 9.77. The van der Waals surface area contributed by atoms with Gasteiger partial charge in [-0.05, 0) is 49.8 Å². The van der Waals surface area contributed by atoms with Gasteiger partial charge < -0.3 is 10.1 Å². The number of sulfonamides is 1. The van der Waals surface area contributed by atoms with Crippen LogP contribution in [0.15, 0.2) is 24.3 Å². The van der Waals surface area contributed by atoms with Crippen LogP contribution in [0.5, 0.6) is 5.75 Å². The quantitative estimate of drug-likeness (QED) is 0.661. The molecule has 7 heteroatoms. The lowest BCUT2D eigenvalue weighted by Crippen LogP contribution is -2.34. The lowest BCUT2D eigenvalue weighted by molar-refractivity contribution is -0.120. The second-order valence-corrected chi connectivity index (χ2v) is 8.26. The third kappa shape index (κ3) is 7.44. The smallest absolute Gasteiger partial charge is 0.220 e. The molecule has 1 aliphatic rings. The number of ether oxygens (including phenoxy) is 1. The molecule has 2 rings (SSSR count). The van der Waals surface area contributed by atoms with Crippen LogP contribution >= 0.6 is 0 Å². The first-order valence-electron chi connectivity index (χ1n) is 8.98. The van der Waals surface area contributed by atoms with Gasteiger partial charge in [0.15, 0.2) is 0 Å². The Morgan fingerprint density at radius 3 is 2.76 bits per heavy atom.